The molecule has 0 saturated heterocycles. The Morgan fingerprint density at radius 2 is 1.43 bits per heavy atom. The predicted octanol–water partition coefficient (Wildman–Crippen LogP) is 3.35. The molecule has 0 spiro atoms. The lowest BCUT2D eigenvalue weighted by Crippen LogP contribution is -2.07. The number of rotatable bonds is 5. The number of esters is 1. The maximum Gasteiger partial charge on any atom is 0.338 e. The van der Waals surface area contributed by atoms with Crippen molar-refractivity contribution >= 4 is 17.6 Å². The Hall–Kier alpha value is -3.00. The van der Waals surface area contributed by atoms with Crippen LogP contribution in [0.25, 0.3) is 11.1 Å². The molecule has 0 radical (unpaired) electrons. The SMILES string of the molecule is COC(=O)c1cc(OC)c2c(c1-c1c(CCl)cc(OC)c3c1OCO3)OCO2. The number of halogens is 1. The van der Waals surface area contributed by atoms with E-state index in [1.165, 1.54) is 21.3 Å². The molecule has 2 aliphatic rings. The van der Waals surface area contributed by atoms with Gasteiger partial charge in [0.25, 0.3) is 0 Å². The Morgan fingerprint density at radius 3 is 1.96 bits per heavy atom. The first-order chi connectivity index (χ1) is 13.6. The van der Waals surface area contributed by atoms with Crippen molar-refractivity contribution in [2.45, 2.75) is 5.88 Å². The van der Waals surface area contributed by atoms with Crippen molar-refractivity contribution in [3.63, 3.8) is 0 Å². The van der Waals surface area contributed by atoms with Crippen LogP contribution in [0.3, 0.4) is 0 Å². The second kappa shape index (κ2) is 7.20. The van der Waals surface area contributed by atoms with E-state index in [-0.39, 0.29) is 25.0 Å². The van der Waals surface area contributed by atoms with Gasteiger partial charge in [-0.2, -0.15) is 0 Å². The quantitative estimate of drug-likeness (QED) is 0.550. The molecular weight excluding hydrogens is 392 g/mol. The van der Waals surface area contributed by atoms with E-state index < -0.39 is 5.97 Å². The minimum atomic E-state index is -0.574. The first-order valence-corrected chi connectivity index (χ1v) is 8.82. The van der Waals surface area contributed by atoms with Gasteiger partial charge in [-0.25, -0.2) is 4.79 Å². The fourth-order valence-electron chi connectivity index (χ4n) is 3.33. The second-order valence-electron chi connectivity index (χ2n) is 5.87. The monoisotopic (exact) mass is 408 g/mol. The molecule has 4 rings (SSSR count). The van der Waals surface area contributed by atoms with Gasteiger partial charge in [0, 0.05) is 17.0 Å². The Morgan fingerprint density at radius 1 is 0.893 bits per heavy atom. The first-order valence-electron chi connectivity index (χ1n) is 8.29. The van der Waals surface area contributed by atoms with E-state index >= 15 is 0 Å². The molecule has 8 nitrogen and oxygen atoms in total. The highest BCUT2D eigenvalue weighted by Crippen LogP contribution is 2.56. The van der Waals surface area contributed by atoms with Gasteiger partial charge in [0.2, 0.25) is 25.1 Å². The van der Waals surface area contributed by atoms with Crippen LogP contribution in [-0.4, -0.2) is 40.9 Å². The molecule has 2 aliphatic heterocycles. The molecule has 2 aromatic rings. The van der Waals surface area contributed by atoms with E-state index in [9.17, 15) is 4.79 Å². The molecule has 28 heavy (non-hydrogen) atoms. The zero-order chi connectivity index (χ0) is 19.8. The Kier molecular flexibility index (Phi) is 4.72. The molecule has 0 bridgehead atoms. The zero-order valence-corrected chi connectivity index (χ0v) is 16.2. The molecule has 0 aromatic heterocycles. The van der Waals surface area contributed by atoms with E-state index in [0.717, 1.165) is 0 Å². The highest BCUT2D eigenvalue weighted by molar-refractivity contribution is 6.18. The topological polar surface area (TPSA) is 81.7 Å². The van der Waals surface area contributed by atoms with E-state index in [4.69, 9.17) is 44.8 Å². The lowest BCUT2D eigenvalue weighted by atomic mass is 9.92. The number of carbonyl (C=O) groups excluding carboxylic acids is 1. The van der Waals surface area contributed by atoms with E-state index in [2.05, 4.69) is 0 Å². The molecule has 0 aliphatic carbocycles. The van der Waals surface area contributed by atoms with Crippen molar-refractivity contribution in [1.29, 1.82) is 0 Å². The van der Waals surface area contributed by atoms with E-state index in [1.54, 1.807) is 12.1 Å². The predicted molar refractivity (Wildman–Crippen MR) is 98.1 cm³/mol. The van der Waals surface area contributed by atoms with Crippen LogP contribution in [0.2, 0.25) is 0 Å². The summed E-state index contributed by atoms with van der Waals surface area (Å²) in [5.41, 5.74) is 1.86. The number of methoxy groups -OCH3 is 3. The maximum absolute atomic E-state index is 12.6. The molecule has 0 fully saturated rings. The van der Waals surface area contributed by atoms with Crippen LogP contribution in [0.15, 0.2) is 12.1 Å². The molecular formula is C19H17ClO8. The van der Waals surface area contributed by atoms with Crippen LogP contribution in [0.1, 0.15) is 15.9 Å². The third kappa shape index (κ3) is 2.63. The zero-order valence-electron chi connectivity index (χ0n) is 15.4. The van der Waals surface area contributed by atoms with Crippen LogP contribution in [0, 0.1) is 0 Å². The fourth-order valence-corrected chi connectivity index (χ4v) is 3.54. The molecule has 0 saturated carbocycles. The lowest BCUT2D eigenvalue weighted by molar-refractivity contribution is 0.0601. The van der Waals surface area contributed by atoms with Crippen molar-refractivity contribution in [1.82, 2.24) is 0 Å². The molecule has 0 unspecified atom stereocenters. The van der Waals surface area contributed by atoms with Gasteiger partial charge in [0.15, 0.2) is 23.0 Å². The standard InChI is InChI=1S/C19H17ClO8/c1-22-11-4-9(6-20)13(17-15(11)25-7-27-17)14-10(19(21)24-3)5-12(23-2)16-18(14)28-8-26-16/h4-5H,6-8H2,1-3H3. The summed E-state index contributed by atoms with van der Waals surface area (Å²) in [4.78, 5) is 12.6. The molecule has 2 aromatic carbocycles. The Bertz CT molecular complexity index is 956. The van der Waals surface area contributed by atoms with Crippen molar-refractivity contribution in [2.24, 2.45) is 0 Å². The highest BCUT2D eigenvalue weighted by atomic mass is 35.5. The van der Waals surface area contributed by atoms with Gasteiger partial charge in [-0.3, -0.25) is 0 Å². The first kappa shape index (κ1) is 18.4. The summed E-state index contributed by atoms with van der Waals surface area (Å²) >= 11 is 6.22. The van der Waals surface area contributed by atoms with Gasteiger partial charge in [-0.15, -0.1) is 11.6 Å². The summed E-state index contributed by atoms with van der Waals surface area (Å²) in [7, 11) is 4.30. The van der Waals surface area contributed by atoms with Gasteiger partial charge in [0.05, 0.1) is 26.9 Å². The van der Waals surface area contributed by atoms with Crippen LogP contribution >= 0.6 is 11.6 Å². The second-order valence-corrected chi connectivity index (χ2v) is 6.14. The molecule has 148 valence electrons. The highest BCUT2D eigenvalue weighted by Gasteiger charge is 2.35. The van der Waals surface area contributed by atoms with Gasteiger partial charge < -0.3 is 33.2 Å². The molecule has 0 amide bonds. The number of ether oxygens (including phenoxy) is 7. The van der Waals surface area contributed by atoms with Gasteiger partial charge in [-0.1, -0.05) is 0 Å². The number of carbonyl (C=O) groups is 1. The fraction of sp³-hybridized carbons (Fsp3) is 0.316. The third-order valence-electron chi connectivity index (χ3n) is 4.54. The van der Waals surface area contributed by atoms with E-state index in [0.29, 0.717) is 51.2 Å². The summed E-state index contributed by atoms with van der Waals surface area (Å²) in [6, 6.07) is 3.28. The van der Waals surface area contributed by atoms with Crippen LogP contribution in [-0.2, 0) is 10.6 Å². The number of alkyl halides is 1. The molecule has 0 N–H and O–H groups in total. The number of hydrogen-bond acceptors (Lipinski definition) is 8. The molecule has 2 heterocycles. The van der Waals surface area contributed by atoms with Crippen molar-refractivity contribution in [3.05, 3.63) is 23.3 Å². The Labute approximate surface area is 165 Å². The van der Waals surface area contributed by atoms with Crippen molar-refractivity contribution in [3.8, 4) is 45.6 Å². The van der Waals surface area contributed by atoms with Gasteiger partial charge in [-0.05, 0) is 17.7 Å². The van der Waals surface area contributed by atoms with Crippen LogP contribution in [0.5, 0.6) is 34.5 Å². The van der Waals surface area contributed by atoms with Crippen molar-refractivity contribution in [2.75, 3.05) is 34.9 Å². The summed E-state index contributed by atoms with van der Waals surface area (Å²) in [6.07, 6.45) is 0. The van der Waals surface area contributed by atoms with Crippen molar-refractivity contribution < 1.29 is 38.0 Å². The van der Waals surface area contributed by atoms with Gasteiger partial charge >= 0.3 is 5.97 Å². The normalized spacial score (nSPS) is 13.4. The number of hydrogen-bond donors (Lipinski definition) is 0. The number of fused-ring (bicyclic) bond motifs is 2. The molecule has 9 heteroatoms. The minimum Gasteiger partial charge on any atom is -0.493 e. The van der Waals surface area contributed by atoms with Crippen LogP contribution < -0.4 is 28.4 Å². The third-order valence-corrected chi connectivity index (χ3v) is 4.83. The average Bonchev–Trinajstić information content (AvgIpc) is 3.40. The van der Waals surface area contributed by atoms with E-state index in [1.807, 2.05) is 0 Å². The van der Waals surface area contributed by atoms with Crippen LogP contribution in [0.4, 0.5) is 0 Å². The smallest absolute Gasteiger partial charge is 0.338 e. The number of benzene rings is 2. The summed E-state index contributed by atoms with van der Waals surface area (Å²) in [5.74, 6) is 1.94. The maximum atomic E-state index is 12.6. The minimum absolute atomic E-state index is 0.00763. The summed E-state index contributed by atoms with van der Waals surface area (Å²) in [5, 5.41) is 0. The Balaban J connectivity index is 2.10. The summed E-state index contributed by atoms with van der Waals surface area (Å²) < 4.78 is 38.3. The largest absolute Gasteiger partial charge is 0.493 e. The average molecular weight is 409 g/mol. The van der Waals surface area contributed by atoms with Gasteiger partial charge in [0.1, 0.15) is 0 Å². The summed E-state index contributed by atoms with van der Waals surface area (Å²) in [6.45, 7) is -0.0110. The lowest BCUT2D eigenvalue weighted by Gasteiger charge is -2.18. The molecule has 0 atom stereocenters.